The predicted octanol–water partition coefficient (Wildman–Crippen LogP) is 7.20. The first kappa shape index (κ1) is 38.1. The molecule has 3 fully saturated rings. The van der Waals surface area contributed by atoms with Crippen molar-refractivity contribution in [3.8, 4) is 23.0 Å². The van der Waals surface area contributed by atoms with Crippen molar-refractivity contribution >= 4 is 58.6 Å². The molecule has 13 heteroatoms. The molecule has 1 saturated carbocycles. The van der Waals surface area contributed by atoms with Gasteiger partial charge < -0.3 is 19.7 Å². The van der Waals surface area contributed by atoms with Crippen LogP contribution in [0, 0.1) is 29.6 Å². The summed E-state index contributed by atoms with van der Waals surface area (Å²) in [7, 11) is 2.99. The van der Waals surface area contributed by atoms with E-state index in [-0.39, 0.29) is 53.5 Å². The van der Waals surface area contributed by atoms with E-state index < -0.39 is 46.8 Å². The molecule has 3 N–H and O–H groups in total. The second-order valence-electron chi connectivity index (χ2n) is 14.8. The van der Waals surface area contributed by atoms with Gasteiger partial charge in [-0.2, -0.15) is 5.01 Å². The Balaban J connectivity index is 1.25. The molecule has 0 unspecified atom stereocenters. The largest absolute Gasteiger partial charge is 0.508 e. The van der Waals surface area contributed by atoms with E-state index in [1.165, 1.54) is 24.1 Å². The van der Waals surface area contributed by atoms with E-state index in [0.29, 0.717) is 34.0 Å². The number of nitrogens with one attached hydrogen (secondary N) is 1. The summed E-state index contributed by atoms with van der Waals surface area (Å²) in [6.45, 7) is 0.166. The molecule has 4 amide bonds. The Labute approximate surface area is 339 Å². The number of halogens is 2. The number of nitrogens with zero attached hydrogens (tertiary/aromatic N) is 2. The Hall–Kier alpha value is -5.78. The summed E-state index contributed by atoms with van der Waals surface area (Å²) in [5.41, 5.74) is 4.68. The number of carbonyl (C=O) groups is 4. The number of allylic oxidation sites excluding steroid dienone is 3. The summed E-state index contributed by atoms with van der Waals surface area (Å²) >= 11 is 12.7. The van der Waals surface area contributed by atoms with Gasteiger partial charge in [-0.3, -0.25) is 29.5 Å². The molecule has 2 aliphatic carbocycles. The van der Waals surface area contributed by atoms with Crippen LogP contribution in [0.4, 0.5) is 5.69 Å². The van der Waals surface area contributed by atoms with Gasteiger partial charge in [0.25, 0.3) is 11.8 Å². The van der Waals surface area contributed by atoms with Gasteiger partial charge in [0.1, 0.15) is 11.5 Å². The number of methoxy groups -OCH3 is 2. The number of carbonyl (C=O) groups excluding carboxylic acids is 4. The number of hydrazine groups is 1. The maximum atomic E-state index is 15.4. The molecule has 4 aromatic rings. The molecular weight excluding hydrogens is 769 g/mol. The number of ether oxygens (including phenoxy) is 2. The number of phenols is 2. The van der Waals surface area contributed by atoms with Crippen LogP contribution in [-0.4, -0.2) is 64.5 Å². The van der Waals surface area contributed by atoms with Crippen molar-refractivity contribution in [3.05, 3.63) is 129 Å². The van der Waals surface area contributed by atoms with Crippen molar-refractivity contribution in [3.63, 3.8) is 0 Å². The van der Waals surface area contributed by atoms with Gasteiger partial charge in [-0.05, 0) is 96.5 Å². The van der Waals surface area contributed by atoms with E-state index in [1.54, 1.807) is 79.9 Å². The Bertz CT molecular complexity index is 2350. The van der Waals surface area contributed by atoms with Crippen LogP contribution in [0.3, 0.4) is 0 Å². The monoisotopic (exact) mass is 807 g/mol. The number of anilines is 1. The maximum Gasteiger partial charge on any atom is 0.260 e. The van der Waals surface area contributed by atoms with Crippen molar-refractivity contribution in [2.24, 2.45) is 29.6 Å². The minimum atomic E-state index is -1.51. The number of aromatic hydroxyl groups is 2. The third kappa shape index (κ3) is 6.39. The molecule has 11 nitrogen and oxygen atoms in total. The topological polar surface area (TPSA) is 146 Å². The van der Waals surface area contributed by atoms with Crippen LogP contribution in [0.15, 0.2) is 103 Å². The van der Waals surface area contributed by atoms with E-state index in [0.717, 1.165) is 16.1 Å². The van der Waals surface area contributed by atoms with E-state index >= 15 is 4.79 Å². The summed E-state index contributed by atoms with van der Waals surface area (Å²) < 4.78 is 10.8. The van der Waals surface area contributed by atoms with Gasteiger partial charge in [0.05, 0.1) is 48.1 Å². The predicted molar refractivity (Wildman–Crippen MR) is 214 cm³/mol. The Morgan fingerprint density at radius 3 is 2.32 bits per heavy atom. The molecule has 4 aliphatic rings. The highest BCUT2D eigenvalue weighted by Crippen LogP contribution is 2.61. The van der Waals surface area contributed by atoms with Gasteiger partial charge in [0.15, 0.2) is 11.5 Å². The molecule has 0 radical (unpaired) electrons. The fraction of sp³-hybridized carbons (Fsp3) is 0.273. The Morgan fingerprint density at radius 1 is 0.860 bits per heavy atom. The highest BCUT2D eigenvalue weighted by atomic mass is 35.5. The van der Waals surface area contributed by atoms with Gasteiger partial charge in [0.2, 0.25) is 11.8 Å². The summed E-state index contributed by atoms with van der Waals surface area (Å²) in [6, 6.07) is 23.3. The Kier molecular flexibility index (Phi) is 9.99. The van der Waals surface area contributed by atoms with Crippen LogP contribution in [0.2, 0.25) is 10.0 Å². The number of phenolic OH excluding ortho intramolecular Hbond substituents is 2. The second-order valence-corrected chi connectivity index (χ2v) is 15.6. The van der Waals surface area contributed by atoms with Crippen molar-refractivity contribution in [2.45, 2.75) is 24.7 Å². The fourth-order valence-corrected chi connectivity index (χ4v) is 9.73. The number of hydrogen-bond donors (Lipinski definition) is 3. The smallest absolute Gasteiger partial charge is 0.260 e. The zero-order valence-corrected chi connectivity index (χ0v) is 32.5. The lowest BCUT2D eigenvalue weighted by molar-refractivity contribution is -0.141. The standard InChI is InChI=1S/C44H39Cl2N3O8/c1-56-29-12-7-26(8-13-29)44-33(16-5-25-6-18-37(51)38(21-25)57-2)30-14-15-31-39(42(54)48(40(31)52)20-19-24-3-10-28(50)11-4-24)32(30)23-34(44)41(53)49(43(44)55)47-36-17-9-27(45)22-35(36)46/h3-14,16-18,21-22,31-34,39,47,50-51H,15,19-20,23H2,1-2H3/t31-,32+,33-,34-,39-,44-/m0/s1. The molecule has 2 saturated heterocycles. The molecule has 57 heavy (non-hydrogen) atoms. The highest BCUT2D eigenvalue weighted by Gasteiger charge is 2.69. The third-order valence-electron chi connectivity index (χ3n) is 12.0. The third-order valence-corrected chi connectivity index (χ3v) is 12.5. The van der Waals surface area contributed by atoms with Crippen LogP contribution >= 0.6 is 23.2 Å². The molecule has 0 aromatic heterocycles. The zero-order valence-electron chi connectivity index (χ0n) is 31.0. The van der Waals surface area contributed by atoms with E-state index in [4.69, 9.17) is 32.7 Å². The summed E-state index contributed by atoms with van der Waals surface area (Å²) in [6.07, 6.45) is 6.50. The van der Waals surface area contributed by atoms with Crippen LogP contribution < -0.4 is 14.9 Å². The van der Waals surface area contributed by atoms with E-state index in [1.807, 2.05) is 18.2 Å². The zero-order chi connectivity index (χ0) is 40.2. The lowest BCUT2D eigenvalue weighted by atomic mass is 9.50. The van der Waals surface area contributed by atoms with Crippen molar-refractivity contribution in [1.29, 1.82) is 0 Å². The number of hydrogen-bond acceptors (Lipinski definition) is 9. The quantitative estimate of drug-likeness (QED) is 0.112. The molecule has 2 heterocycles. The molecule has 8 rings (SSSR count). The van der Waals surface area contributed by atoms with Crippen LogP contribution in [0.25, 0.3) is 6.08 Å². The van der Waals surface area contributed by atoms with Crippen LogP contribution in [0.5, 0.6) is 23.0 Å². The maximum absolute atomic E-state index is 15.4. The number of rotatable bonds is 10. The Morgan fingerprint density at radius 2 is 1.61 bits per heavy atom. The van der Waals surface area contributed by atoms with E-state index in [2.05, 4.69) is 5.43 Å². The van der Waals surface area contributed by atoms with Crippen molar-refractivity contribution in [1.82, 2.24) is 9.91 Å². The van der Waals surface area contributed by atoms with Gasteiger partial charge in [-0.25, -0.2) is 0 Å². The number of imide groups is 2. The molecule has 292 valence electrons. The highest BCUT2D eigenvalue weighted by molar-refractivity contribution is 6.36. The molecule has 2 aliphatic heterocycles. The minimum absolute atomic E-state index is 0.0401. The molecule has 4 aromatic carbocycles. The normalized spacial score (nSPS) is 25.3. The average Bonchev–Trinajstić information content (AvgIpc) is 3.58. The first-order valence-electron chi connectivity index (χ1n) is 18.6. The van der Waals surface area contributed by atoms with Crippen LogP contribution in [-0.2, 0) is 31.0 Å². The molecule has 6 atom stereocenters. The number of amides is 4. The van der Waals surface area contributed by atoms with Crippen molar-refractivity contribution < 1.29 is 38.9 Å². The summed E-state index contributed by atoms with van der Waals surface area (Å²) in [4.78, 5) is 60.1. The molecule has 0 spiro atoms. The number of fused-ring (bicyclic) bond motifs is 4. The lowest BCUT2D eigenvalue weighted by Gasteiger charge is -2.49. The van der Waals surface area contributed by atoms with Gasteiger partial charge in [0, 0.05) is 17.5 Å². The number of benzene rings is 4. The lowest BCUT2D eigenvalue weighted by Crippen LogP contribution is -2.54. The first-order valence-corrected chi connectivity index (χ1v) is 19.3. The van der Waals surface area contributed by atoms with Crippen molar-refractivity contribution in [2.75, 3.05) is 26.2 Å². The van der Waals surface area contributed by atoms with Gasteiger partial charge in [-0.1, -0.05) is 77.3 Å². The van der Waals surface area contributed by atoms with E-state index in [9.17, 15) is 24.6 Å². The molecule has 0 bridgehead atoms. The SMILES string of the molecule is COc1ccc([C@@]23C(=O)N(Nc4ccc(Cl)cc4Cl)C(=O)[C@@H]2C[C@@H]2C(=CC[C@@H]4C(=O)N(CCc5ccc(O)cc5)C(=O)[C@@H]42)[C@@H]3C=Cc2ccc(O)c(OC)c2)cc1. The summed E-state index contributed by atoms with van der Waals surface area (Å²) in [5.74, 6) is -4.35. The van der Waals surface area contributed by atoms with Gasteiger partial charge in [-0.15, -0.1) is 0 Å². The number of likely N-dealkylation sites (tertiary alicyclic amines) is 1. The average molecular weight is 809 g/mol. The second kappa shape index (κ2) is 14.9. The first-order chi connectivity index (χ1) is 27.5. The summed E-state index contributed by atoms with van der Waals surface area (Å²) in [5, 5.41) is 21.7. The molecular formula is C44H39Cl2N3O8. The fourth-order valence-electron chi connectivity index (χ4n) is 9.28. The van der Waals surface area contributed by atoms with Gasteiger partial charge >= 0.3 is 0 Å². The van der Waals surface area contributed by atoms with Crippen LogP contribution in [0.1, 0.15) is 29.5 Å². The minimum Gasteiger partial charge on any atom is -0.508 e.